The number of hydrogen-bond acceptors (Lipinski definition) is 1. The van der Waals surface area contributed by atoms with Crippen LogP contribution in [0.5, 0.6) is 0 Å². The molecule has 2 aliphatic heterocycles. The van der Waals surface area contributed by atoms with E-state index in [2.05, 4.69) is 42.2 Å². The normalized spacial score (nSPS) is 44.8. The van der Waals surface area contributed by atoms with Gasteiger partial charge >= 0.3 is 0 Å². The fourth-order valence-corrected chi connectivity index (χ4v) is 2.16. The van der Waals surface area contributed by atoms with E-state index in [9.17, 15) is 0 Å². The Kier molecular flexibility index (Phi) is 0.793. The second-order valence-corrected chi connectivity index (χ2v) is 3.59. The predicted octanol–water partition coefficient (Wildman–Crippen LogP) is 1.60. The molecule has 1 aromatic rings. The molecule has 0 saturated carbocycles. The van der Waals surface area contributed by atoms with Crippen LogP contribution >= 0.6 is 0 Å². The maximum atomic E-state index is 2.52. The van der Waals surface area contributed by atoms with E-state index in [0.717, 1.165) is 6.04 Å². The van der Waals surface area contributed by atoms with Crippen molar-refractivity contribution in [1.29, 1.82) is 0 Å². The third-order valence-electron chi connectivity index (χ3n) is 3.19. The predicted molar refractivity (Wildman–Crippen MR) is 44.3 cm³/mol. The van der Waals surface area contributed by atoms with Crippen molar-refractivity contribution in [2.24, 2.45) is 0 Å². The second kappa shape index (κ2) is 1.51. The Morgan fingerprint density at radius 3 is 2.45 bits per heavy atom. The number of rotatable bonds is 1. The summed E-state index contributed by atoms with van der Waals surface area (Å²) in [4.78, 5) is 2.52. The third-order valence-corrected chi connectivity index (χ3v) is 3.19. The average Bonchev–Trinajstić information content (AvgIpc) is 2.92. The Hall–Kier alpha value is -0.820. The fraction of sp³-hybridized carbons (Fsp3) is 0.400. The van der Waals surface area contributed by atoms with Crippen molar-refractivity contribution < 1.29 is 0 Å². The van der Waals surface area contributed by atoms with Gasteiger partial charge in [0, 0.05) is 12.6 Å². The van der Waals surface area contributed by atoms with Crippen LogP contribution in [0.2, 0.25) is 0 Å². The monoisotopic (exact) mass is 145 g/mol. The Bertz CT molecular complexity index is 287. The number of nitrogens with zero attached hydrogens (tertiary/aromatic N) is 1. The summed E-state index contributed by atoms with van der Waals surface area (Å²) in [6.07, 6.45) is 0. The molecule has 0 amide bonds. The molecule has 2 heterocycles. The van der Waals surface area contributed by atoms with Crippen molar-refractivity contribution in [1.82, 2.24) is 4.90 Å². The molecule has 2 fully saturated rings. The van der Waals surface area contributed by atoms with Crippen LogP contribution in [0, 0.1) is 0 Å². The van der Waals surface area contributed by atoms with E-state index < -0.39 is 0 Å². The summed E-state index contributed by atoms with van der Waals surface area (Å²) < 4.78 is 0. The van der Waals surface area contributed by atoms with Gasteiger partial charge in [0.05, 0.1) is 5.54 Å². The van der Waals surface area contributed by atoms with Crippen molar-refractivity contribution in [2.75, 3.05) is 6.54 Å². The van der Waals surface area contributed by atoms with Gasteiger partial charge in [0.15, 0.2) is 0 Å². The lowest BCUT2D eigenvalue weighted by Crippen LogP contribution is -2.09. The molecule has 0 N–H and O–H groups in total. The average molecular weight is 145 g/mol. The van der Waals surface area contributed by atoms with Gasteiger partial charge in [-0.1, -0.05) is 30.3 Å². The van der Waals surface area contributed by atoms with Crippen LogP contribution in [0.3, 0.4) is 0 Å². The van der Waals surface area contributed by atoms with E-state index in [-0.39, 0.29) is 0 Å². The summed E-state index contributed by atoms with van der Waals surface area (Å²) >= 11 is 0. The molecule has 2 saturated heterocycles. The summed E-state index contributed by atoms with van der Waals surface area (Å²) in [6.45, 7) is 3.59. The van der Waals surface area contributed by atoms with Crippen LogP contribution in [0.1, 0.15) is 12.5 Å². The van der Waals surface area contributed by atoms with E-state index >= 15 is 0 Å². The minimum Gasteiger partial charge on any atom is -0.284 e. The van der Waals surface area contributed by atoms with Gasteiger partial charge in [-0.3, -0.25) is 4.90 Å². The van der Waals surface area contributed by atoms with Crippen LogP contribution in [-0.4, -0.2) is 17.5 Å². The zero-order valence-electron chi connectivity index (χ0n) is 6.62. The molecule has 3 atom stereocenters. The first kappa shape index (κ1) is 5.78. The van der Waals surface area contributed by atoms with E-state index in [4.69, 9.17) is 0 Å². The molecule has 11 heavy (non-hydrogen) atoms. The number of fused-ring (bicyclic) bond motifs is 1. The van der Waals surface area contributed by atoms with E-state index in [1.807, 2.05) is 0 Å². The van der Waals surface area contributed by atoms with Gasteiger partial charge in [-0.25, -0.2) is 0 Å². The molecule has 0 bridgehead atoms. The topological polar surface area (TPSA) is 3.01 Å². The SMILES string of the molecule is CC1N2CC12c1ccccc1. The molecule has 0 spiro atoms. The van der Waals surface area contributed by atoms with E-state index in [1.165, 1.54) is 12.1 Å². The lowest BCUT2D eigenvalue weighted by molar-refractivity contribution is 0.660. The molecule has 2 aliphatic rings. The zero-order valence-corrected chi connectivity index (χ0v) is 6.62. The fourth-order valence-electron chi connectivity index (χ4n) is 2.16. The molecule has 1 aromatic carbocycles. The molecular formula is C10H11N. The summed E-state index contributed by atoms with van der Waals surface area (Å²) in [5, 5.41) is 0. The van der Waals surface area contributed by atoms with Crippen LogP contribution in [-0.2, 0) is 5.54 Å². The molecular weight excluding hydrogens is 134 g/mol. The lowest BCUT2D eigenvalue weighted by Gasteiger charge is -2.02. The highest BCUT2D eigenvalue weighted by Crippen LogP contribution is 2.63. The maximum Gasteiger partial charge on any atom is 0.0748 e. The summed E-state index contributed by atoms with van der Waals surface area (Å²) in [5.74, 6) is 0. The molecule has 3 rings (SSSR count). The third kappa shape index (κ3) is 0.520. The highest BCUT2D eigenvalue weighted by molar-refractivity contribution is 5.44. The minimum atomic E-state index is 0.501. The van der Waals surface area contributed by atoms with Gasteiger partial charge < -0.3 is 0 Å². The first-order valence-electron chi connectivity index (χ1n) is 4.18. The van der Waals surface area contributed by atoms with Gasteiger partial charge in [0.1, 0.15) is 0 Å². The second-order valence-electron chi connectivity index (χ2n) is 3.59. The highest BCUT2D eigenvalue weighted by Gasteiger charge is 2.75. The Labute approximate surface area is 66.6 Å². The summed E-state index contributed by atoms with van der Waals surface area (Å²) in [5.41, 5.74) is 2.01. The van der Waals surface area contributed by atoms with Crippen LogP contribution in [0.15, 0.2) is 30.3 Å². The van der Waals surface area contributed by atoms with Gasteiger partial charge in [-0.05, 0) is 12.5 Å². The Morgan fingerprint density at radius 2 is 2.00 bits per heavy atom. The number of hydrogen-bond donors (Lipinski definition) is 0. The smallest absolute Gasteiger partial charge is 0.0748 e. The van der Waals surface area contributed by atoms with Gasteiger partial charge in [0.25, 0.3) is 0 Å². The number of benzene rings is 1. The van der Waals surface area contributed by atoms with Crippen molar-refractivity contribution in [2.45, 2.75) is 18.5 Å². The largest absolute Gasteiger partial charge is 0.284 e. The van der Waals surface area contributed by atoms with E-state index in [0.29, 0.717) is 5.54 Å². The standard InChI is InChI=1S/C10H11N/c1-8-10(7-11(8)10)9-5-3-2-4-6-9/h2-6,8H,7H2,1H3. The first-order chi connectivity index (χ1) is 5.36. The molecule has 56 valence electrons. The van der Waals surface area contributed by atoms with Crippen LogP contribution in [0.4, 0.5) is 0 Å². The molecule has 0 aliphatic carbocycles. The van der Waals surface area contributed by atoms with E-state index in [1.54, 1.807) is 0 Å². The van der Waals surface area contributed by atoms with Crippen molar-refractivity contribution in [3.8, 4) is 0 Å². The zero-order chi connectivity index (χ0) is 7.47. The Morgan fingerprint density at radius 1 is 1.36 bits per heavy atom. The van der Waals surface area contributed by atoms with Crippen LogP contribution < -0.4 is 0 Å². The van der Waals surface area contributed by atoms with Crippen molar-refractivity contribution in [3.05, 3.63) is 35.9 Å². The van der Waals surface area contributed by atoms with Crippen LogP contribution in [0.25, 0.3) is 0 Å². The van der Waals surface area contributed by atoms with Gasteiger partial charge in [0.2, 0.25) is 0 Å². The summed E-state index contributed by atoms with van der Waals surface area (Å²) in [7, 11) is 0. The summed E-state index contributed by atoms with van der Waals surface area (Å²) in [6, 6.07) is 11.6. The van der Waals surface area contributed by atoms with Gasteiger partial charge in [-0.2, -0.15) is 0 Å². The highest BCUT2D eigenvalue weighted by atomic mass is 15.6. The Balaban J connectivity index is 2.03. The quantitative estimate of drug-likeness (QED) is 0.542. The molecule has 0 aromatic heterocycles. The first-order valence-corrected chi connectivity index (χ1v) is 4.18. The van der Waals surface area contributed by atoms with Crippen molar-refractivity contribution in [3.63, 3.8) is 0 Å². The van der Waals surface area contributed by atoms with Crippen molar-refractivity contribution >= 4 is 0 Å². The molecule has 3 unspecified atom stereocenters. The molecule has 0 radical (unpaired) electrons. The molecule has 1 nitrogen and oxygen atoms in total. The van der Waals surface area contributed by atoms with Gasteiger partial charge in [-0.15, -0.1) is 0 Å². The minimum absolute atomic E-state index is 0.501. The molecule has 1 heteroatoms. The lowest BCUT2D eigenvalue weighted by atomic mass is 9.99. The maximum absolute atomic E-state index is 2.52.